The molecule has 0 saturated heterocycles. The van der Waals surface area contributed by atoms with Crippen LogP contribution in [0.5, 0.6) is 0 Å². The minimum Gasteiger partial charge on any atom is -0.449 e. The van der Waals surface area contributed by atoms with Crippen LogP contribution in [0.3, 0.4) is 0 Å². The van der Waals surface area contributed by atoms with E-state index in [1.165, 1.54) is 22.3 Å². The number of fused-ring (bicyclic) bond motifs is 3. The van der Waals surface area contributed by atoms with Crippen LogP contribution in [0.2, 0.25) is 0 Å². The van der Waals surface area contributed by atoms with Gasteiger partial charge in [-0.3, -0.25) is 4.79 Å². The van der Waals surface area contributed by atoms with Crippen LogP contribution in [0.15, 0.2) is 48.5 Å². The fraction of sp³-hybridized carbons (Fsp3) is 0.300. The van der Waals surface area contributed by atoms with Gasteiger partial charge in [0, 0.05) is 25.4 Å². The van der Waals surface area contributed by atoms with Crippen LogP contribution in [0.1, 0.15) is 30.4 Å². The summed E-state index contributed by atoms with van der Waals surface area (Å²) in [7, 11) is 1.57. The summed E-state index contributed by atoms with van der Waals surface area (Å²) in [5.74, 6) is -0.0844. The number of rotatable bonds is 5. The van der Waals surface area contributed by atoms with E-state index in [1.807, 2.05) is 24.3 Å². The molecule has 0 bridgehead atoms. The highest BCUT2D eigenvalue weighted by Crippen LogP contribution is 2.44. The summed E-state index contributed by atoms with van der Waals surface area (Å²) in [6.45, 7) is 2.04. The van der Waals surface area contributed by atoms with E-state index < -0.39 is 6.09 Å². The van der Waals surface area contributed by atoms with Crippen LogP contribution in [-0.4, -0.2) is 31.7 Å². The Labute approximate surface area is 147 Å². The highest BCUT2D eigenvalue weighted by Gasteiger charge is 2.29. The van der Waals surface area contributed by atoms with Gasteiger partial charge in [-0.15, -0.1) is 0 Å². The van der Waals surface area contributed by atoms with E-state index in [-0.39, 0.29) is 30.9 Å². The van der Waals surface area contributed by atoms with Crippen molar-refractivity contribution >= 4 is 12.0 Å². The zero-order valence-electron chi connectivity index (χ0n) is 14.4. The highest BCUT2D eigenvalue weighted by atomic mass is 16.5. The largest absolute Gasteiger partial charge is 0.449 e. The van der Waals surface area contributed by atoms with Crippen LogP contribution >= 0.6 is 0 Å². The van der Waals surface area contributed by atoms with Crippen LogP contribution in [0.25, 0.3) is 11.1 Å². The summed E-state index contributed by atoms with van der Waals surface area (Å²) < 4.78 is 5.44. The molecular weight excluding hydrogens is 316 g/mol. The predicted molar refractivity (Wildman–Crippen MR) is 96.4 cm³/mol. The number of ether oxygens (including phenoxy) is 1. The first-order chi connectivity index (χ1) is 12.1. The van der Waals surface area contributed by atoms with Gasteiger partial charge < -0.3 is 15.4 Å². The molecule has 2 amide bonds. The zero-order chi connectivity index (χ0) is 17.8. The second kappa shape index (κ2) is 7.38. The number of hydrogen-bond donors (Lipinski definition) is 2. The first-order valence-electron chi connectivity index (χ1n) is 8.42. The molecule has 0 heterocycles. The van der Waals surface area contributed by atoms with Gasteiger partial charge in [-0.2, -0.15) is 0 Å². The normalized spacial score (nSPS) is 13.5. The number of carbonyl (C=O) groups is 2. The van der Waals surface area contributed by atoms with E-state index in [0.29, 0.717) is 0 Å². The minimum atomic E-state index is -0.502. The Bertz CT molecular complexity index is 743. The lowest BCUT2D eigenvalue weighted by atomic mass is 9.98. The van der Waals surface area contributed by atoms with E-state index in [4.69, 9.17) is 4.74 Å². The third-order valence-corrected chi connectivity index (χ3v) is 4.48. The zero-order valence-corrected chi connectivity index (χ0v) is 14.4. The standard InChI is InChI=1S/C20H22N2O3/c1-13(11-19(23)21-2)22-20(24)25-12-18-16-9-5-3-7-14(16)15-8-4-6-10-17(15)18/h3-10,13,18H,11-12H2,1-2H3,(H,21,23)(H,22,24). The predicted octanol–water partition coefficient (Wildman–Crippen LogP) is 3.05. The maximum Gasteiger partial charge on any atom is 0.407 e. The molecular formula is C20H22N2O3. The molecule has 25 heavy (non-hydrogen) atoms. The molecule has 2 aromatic rings. The topological polar surface area (TPSA) is 67.4 Å². The first kappa shape index (κ1) is 17.0. The van der Waals surface area contributed by atoms with Crippen LogP contribution < -0.4 is 10.6 Å². The maximum absolute atomic E-state index is 12.0. The van der Waals surface area contributed by atoms with E-state index in [1.54, 1.807) is 14.0 Å². The molecule has 130 valence electrons. The lowest BCUT2D eigenvalue weighted by Crippen LogP contribution is -2.37. The molecule has 5 heteroatoms. The molecule has 1 atom stereocenters. The average Bonchev–Trinajstić information content (AvgIpc) is 2.93. The van der Waals surface area contributed by atoms with E-state index in [9.17, 15) is 9.59 Å². The van der Waals surface area contributed by atoms with Crippen molar-refractivity contribution in [2.75, 3.05) is 13.7 Å². The molecule has 2 N–H and O–H groups in total. The second-order valence-electron chi connectivity index (χ2n) is 6.25. The van der Waals surface area contributed by atoms with Gasteiger partial charge >= 0.3 is 6.09 Å². The number of carbonyl (C=O) groups excluding carboxylic acids is 2. The van der Waals surface area contributed by atoms with E-state index >= 15 is 0 Å². The summed E-state index contributed by atoms with van der Waals surface area (Å²) in [4.78, 5) is 23.4. The molecule has 0 radical (unpaired) electrons. The molecule has 1 unspecified atom stereocenters. The van der Waals surface area contributed by atoms with Gasteiger partial charge in [0.2, 0.25) is 5.91 Å². The quantitative estimate of drug-likeness (QED) is 0.880. The van der Waals surface area contributed by atoms with Crippen molar-refractivity contribution in [2.24, 2.45) is 0 Å². The van der Waals surface area contributed by atoms with Crippen LogP contribution in [0, 0.1) is 0 Å². The van der Waals surface area contributed by atoms with Crippen molar-refractivity contribution in [1.82, 2.24) is 10.6 Å². The van der Waals surface area contributed by atoms with E-state index in [2.05, 4.69) is 34.9 Å². The second-order valence-corrected chi connectivity index (χ2v) is 6.25. The fourth-order valence-electron chi connectivity index (χ4n) is 3.27. The number of amides is 2. The average molecular weight is 338 g/mol. The van der Waals surface area contributed by atoms with Crippen molar-refractivity contribution in [2.45, 2.75) is 25.3 Å². The SMILES string of the molecule is CNC(=O)CC(C)NC(=O)OCC1c2ccccc2-c2ccccc21. The van der Waals surface area contributed by atoms with Gasteiger partial charge in [-0.25, -0.2) is 4.79 Å². The fourth-order valence-corrected chi connectivity index (χ4v) is 3.27. The van der Waals surface area contributed by atoms with Gasteiger partial charge in [0.05, 0.1) is 0 Å². The third kappa shape index (κ3) is 3.65. The number of hydrogen-bond acceptors (Lipinski definition) is 3. The van der Waals surface area contributed by atoms with Gasteiger partial charge in [0.25, 0.3) is 0 Å². The Hall–Kier alpha value is -2.82. The summed E-state index contributed by atoms with van der Waals surface area (Å²) in [6.07, 6.45) is -0.279. The lowest BCUT2D eigenvalue weighted by Gasteiger charge is -2.17. The molecule has 0 saturated carbocycles. The molecule has 0 aliphatic heterocycles. The molecule has 0 spiro atoms. The molecule has 0 aromatic heterocycles. The van der Waals surface area contributed by atoms with Crippen LogP contribution in [0.4, 0.5) is 4.79 Å². The Morgan fingerprint density at radius 1 is 1.04 bits per heavy atom. The van der Waals surface area contributed by atoms with Crippen molar-refractivity contribution in [1.29, 1.82) is 0 Å². The summed E-state index contributed by atoms with van der Waals surface area (Å²) >= 11 is 0. The van der Waals surface area contributed by atoms with Crippen molar-refractivity contribution in [3.05, 3.63) is 59.7 Å². The Morgan fingerprint density at radius 3 is 2.16 bits per heavy atom. The molecule has 3 rings (SSSR count). The minimum absolute atomic E-state index is 0.0346. The third-order valence-electron chi connectivity index (χ3n) is 4.48. The Morgan fingerprint density at radius 2 is 1.60 bits per heavy atom. The van der Waals surface area contributed by atoms with Crippen molar-refractivity contribution < 1.29 is 14.3 Å². The Balaban J connectivity index is 1.65. The Kier molecular flexibility index (Phi) is 5.03. The summed E-state index contributed by atoms with van der Waals surface area (Å²) in [5, 5.41) is 5.23. The molecule has 1 aliphatic rings. The molecule has 5 nitrogen and oxygen atoms in total. The van der Waals surface area contributed by atoms with Gasteiger partial charge in [-0.1, -0.05) is 48.5 Å². The lowest BCUT2D eigenvalue weighted by molar-refractivity contribution is -0.120. The molecule has 1 aliphatic carbocycles. The van der Waals surface area contributed by atoms with Gasteiger partial charge in [0.15, 0.2) is 0 Å². The van der Waals surface area contributed by atoms with Crippen LogP contribution in [-0.2, 0) is 9.53 Å². The van der Waals surface area contributed by atoms with Crippen molar-refractivity contribution in [3.8, 4) is 11.1 Å². The van der Waals surface area contributed by atoms with E-state index in [0.717, 1.165) is 0 Å². The number of alkyl carbamates (subject to hydrolysis) is 1. The molecule has 0 fully saturated rings. The summed E-state index contributed by atoms with van der Waals surface area (Å²) in [5.41, 5.74) is 4.74. The smallest absolute Gasteiger partial charge is 0.407 e. The summed E-state index contributed by atoms with van der Waals surface area (Å²) in [6, 6.07) is 16.1. The van der Waals surface area contributed by atoms with Crippen molar-refractivity contribution in [3.63, 3.8) is 0 Å². The molecule has 2 aromatic carbocycles. The number of benzene rings is 2. The maximum atomic E-state index is 12.0. The number of nitrogens with one attached hydrogen (secondary N) is 2. The van der Waals surface area contributed by atoms with Gasteiger partial charge in [0.1, 0.15) is 6.61 Å². The highest BCUT2D eigenvalue weighted by molar-refractivity contribution is 5.79. The van der Waals surface area contributed by atoms with Gasteiger partial charge in [-0.05, 0) is 29.2 Å². The first-order valence-corrected chi connectivity index (χ1v) is 8.42. The monoisotopic (exact) mass is 338 g/mol.